The molecule has 3 heteroatoms. The largest absolute Gasteiger partial charge is 0.493 e. The second-order valence-electron chi connectivity index (χ2n) is 6.81. The molecule has 1 atom stereocenters. The molecule has 1 aliphatic carbocycles. The number of fused-ring (bicyclic) bond motifs is 1. The molecule has 3 aromatic rings. The summed E-state index contributed by atoms with van der Waals surface area (Å²) >= 11 is 0. The molecule has 0 bridgehead atoms. The van der Waals surface area contributed by atoms with Crippen molar-refractivity contribution in [1.29, 1.82) is 0 Å². The van der Waals surface area contributed by atoms with Gasteiger partial charge in [0.2, 0.25) is 0 Å². The van der Waals surface area contributed by atoms with Gasteiger partial charge in [-0.25, -0.2) is 0 Å². The van der Waals surface area contributed by atoms with Crippen molar-refractivity contribution in [3.8, 4) is 5.75 Å². The van der Waals surface area contributed by atoms with Gasteiger partial charge in [0, 0.05) is 17.5 Å². The number of carbonyl (C=O) groups is 1. The Bertz CT molecular complexity index is 982. The number of benzene rings is 3. The van der Waals surface area contributed by atoms with Gasteiger partial charge in [-0.15, -0.1) is 0 Å². The molecule has 1 unspecified atom stereocenters. The van der Waals surface area contributed by atoms with Gasteiger partial charge in [0.1, 0.15) is 5.75 Å². The van der Waals surface area contributed by atoms with Gasteiger partial charge < -0.3 is 10.1 Å². The van der Waals surface area contributed by atoms with Crippen molar-refractivity contribution >= 4 is 16.7 Å². The van der Waals surface area contributed by atoms with Crippen molar-refractivity contribution in [1.82, 2.24) is 5.32 Å². The van der Waals surface area contributed by atoms with E-state index in [0.717, 1.165) is 41.5 Å². The van der Waals surface area contributed by atoms with Crippen LogP contribution in [-0.2, 0) is 12.8 Å². The first-order valence-corrected chi connectivity index (χ1v) is 8.87. The lowest BCUT2D eigenvalue weighted by atomic mass is 9.97. The second kappa shape index (κ2) is 5.62. The zero-order valence-corrected chi connectivity index (χ0v) is 13.9. The summed E-state index contributed by atoms with van der Waals surface area (Å²) in [4.78, 5) is 13.0. The lowest BCUT2D eigenvalue weighted by Gasteiger charge is -2.26. The van der Waals surface area contributed by atoms with Gasteiger partial charge in [0.25, 0.3) is 5.91 Å². The fourth-order valence-electron chi connectivity index (χ4n) is 4.17. The molecule has 1 amide bonds. The van der Waals surface area contributed by atoms with Gasteiger partial charge in [0.05, 0.1) is 12.6 Å². The average Bonchev–Trinajstić information content (AvgIpc) is 3.07. The first-order chi connectivity index (χ1) is 12.3. The predicted molar refractivity (Wildman–Crippen MR) is 98.1 cm³/mol. The third-order valence-corrected chi connectivity index (χ3v) is 5.39. The van der Waals surface area contributed by atoms with Crippen LogP contribution in [0.25, 0.3) is 10.8 Å². The van der Waals surface area contributed by atoms with Crippen molar-refractivity contribution in [2.45, 2.75) is 25.3 Å². The quantitative estimate of drug-likeness (QED) is 0.765. The summed E-state index contributed by atoms with van der Waals surface area (Å²) in [6, 6.07) is 18.4. The number of hydrogen-bond acceptors (Lipinski definition) is 2. The Morgan fingerprint density at radius 2 is 1.80 bits per heavy atom. The van der Waals surface area contributed by atoms with E-state index in [4.69, 9.17) is 4.74 Å². The molecule has 0 saturated carbocycles. The van der Waals surface area contributed by atoms with Crippen LogP contribution in [0.1, 0.15) is 39.5 Å². The highest BCUT2D eigenvalue weighted by Gasteiger charge is 2.25. The molecule has 0 saturated heterocycles. The molecule has 0 aromatic heterocycles. The molecule has 124 valence electrons. The molecule has 2 aliphatic rings. The van der Waals surface area contributed by atoms with Crippen LogP contribution in [-0.4, -0.2) is 12.5 Å². The Kier molecular flexibility index (Phi) is 3.27. The highest BCUT2D eigenvalue weighted by atomic mass is 16.5. The maximum Gasteiger partial charge on any atom is 0.252 e. The molecular weight excluding hydrogens is 310 g/mol. The van der Waals surface area contributed by atoms with Crippen LogP contribution in [0.5, 0.6) is 5.75 Å². The van der Waals surface area contributed by atoms with E-state index in [0.29, 0.717) is 6.61 Å². The zero-order chi connectivity index (χ0) is 16.8. The molecule has 1 N–H and O–H groups in total. The van der Waals surface area contributed by atoms with Crippen LogP contribution in [0.15, 0.2) is 54.6 Å². The normalized spacial score (nSPS) is 17.8. The van der Waals surface area contributed by atoms with Crippen molar-refractivity contribution in [3.05, 3.63) is 76.9 Å². The molecule has 3 aromatic carbocycles. The van der Waals surface area contributed by atoms with Gasteiger partial charge >= 0.3 is 0 Å². The standard InChI is InChI=1S/C22H19NO2/c24-22(23-19-12-13-25-20-7-2-1-5-18(19)20)17-11-10-15-9-8-14-4-3-6-16(17)21(14)15/h1-7,10-11,19H,8-9,12-13H2,(H,23,24). The maximum atomic E-state index is 13.0. The van der Waals surface area contributed by atoms with E-state index in [9.17, 15) is 4.79 Å². The smallest absolute Gasteiger partial charge is 0.252 e. The Balaban J connectivity index is 1.52. The van der Waals surface area contributed by atoms with E-state index in [2.05, 4.69) is 29.6 Å². The number of carbonyl (C=O) groups excluding carboxylic acids is 1. The lowest BCUT2D eigenvalue weighted by molar-refractivity contribution is 0.0926. The first-order valence-electron chi connectivity index (χ1n) is 8.87. The SMILES string of the molecule is O=C(NC1CCOc2ccccc21)c1ccc2c3c(cccc13)CC2. The van der Waals surface area contributed by atoms with E-state index in [1.165, 1.54) is 16.5 Å². The molecule has 0 spiro atoms. The van der Waals surface area contributed by atoms with Crippen LogP contribution in [0.3, 0.4) is 0 Å². The van der Waals surface area contributed by atoms with Gasteiger partial charge in [-0.3, -0.25) is 4.79 Å². The fourth-order valence-corrected chi connectivity index (χ4v) is 4.17. The summed E-state index contributed by atoms with van der Waals surface area (Å²) < 4.78 is 5.70. The minimum atomic E-state index is -0.00250. The number of para-hydroxylation sites is 1. The van der Waals surface area contributed by atoms with Crippen molar-refractivity contribution in [2.75, 3.05) is 6.61 Å². The number of aryl methyl sites for hydroxylation is 2. The molecule has 5 rings (SSSR count). The van der Waals surface area contributed by atoms with Crippen LogP contribution in [0.2, 0.25) is 0 Å². The average molecular weight is 329 g/mol. The monoisotopic (exact) mass is 329 g/mol. The van der Waals surface area contributed by atoms with Crippen LogP contribution < -0.4 is 10.1 Å². The molecule has 25 heavy (non-hydrogen) atoms. The van der Waals surface area contributed by atoms with Gasteiger partial charge in [0.15, 0.2) is 0 Å². The summed E-state index contributed by atoms with van der Waals surface area (Å²) in [6.45, 7) is 0.631. The van der Waals surface area contributed by atoms with Crippen LogP contribution >= 0.6 is 0 Å². The lowest BCUT2D eigenvalue weighted by Crippen LogP contribution is -2.32. The molecule has 3 nitrogen and oxygen atoms in total. The number of amides is 1. The van der Waals surface area contributed by atoms with Crippen molar-refractivity contribution in [3.63, 3.8) is 0 Å². The maximum absolute atomic E-state index is 13.0. The van der Waals surface area contributed by atoms with Crippen molar-refractivity contribution < 1.29 is 9.53 Å². The Labute approximate surface area is 146 Å². The minimum Gasteiger partial charge on any atom is -0.493 e. The third kappa shape index (κ3) is 2.30. The first kappa shape index (κ1) is 14.5. The van der Waals surface area contributed by atoms with E-state index in [-0.39, 0.29) is 11.9 Å². The van der Waals surface area contributed by atoms with Crippen LogP contribution in [0, 0.1) is 0 Å². The van der Waals surface area contributed by atoms with E-state index in [1.807, 2.05) is 30.3 Å². The summed E-state index contributed by atoms with van der Waals surface area (Å²) in [5, 5.41) is 5.58. The topological polar surface area (TPSA) is 38.3 Å². The summed E-state index contributed by atoms with van der Waals surface area (Å²) in [7, 11) is 0. The van der Waals surface area contributed by atoms with Gasteiger partial charge in [-0.1, -0.05) is 42.5 Å². The predicted octanol–water partition coefficient (Wildman–Crippen LogP) is 4.19. The zero-order valence-electron chi connectivity index (χ0n) is 13.9. The Morgan fingerprint density at radius 3 is 2.72 bits per heavy atom. The molecule has 0 fully saturated rings. The molecular formula is C22H19NO2. The molecule has 0 radical (unpaired) electrons. The van der Waals surface area contributed by atoms with Gasteiger partial charge in [-0.2, -0.15) is 0 Å². The molecule has 1 heterocycles. The van der Waals surface area contributed by atoms with Crippen LogP contribution in [0.4, 0.5) is 0 Å². The van der Waals surface area contributed by atoms with Gasteiger partial charge in [-0.05, 0) is 46.9 Å². The molecule has 1 aliphatic heterocycles. The number of ether oxygens (including phenoxy) is 1. The number of nitrogens with one attached hydrogen (secondary N) is 1. The van der Waals surface area contributed by atoms with E-state index in [1.54, 1.807) is 0 Å². The highest BCUT2D eigenvalue weighted by Crippen LogP contribution is 2.34. The summed E-state index contributed by atoms with van der Waals surface area (Å²) in [5.41, 5.74) is 4.55. The van der Waals surface area contributed by atoms with E-state index < -0.39 is 0 Å². The second-order valence-corrected chi connectivity index (χ2v) is 6.81. The highest BCUT2D eigenvalue weighted by molar-refractivity contribution is 6.09. The number of hydrogen-bond donors (Lipinski definition) is 1. The summed E-state index contributed by atoms with van der Waals surface area (Å²) in [5.74, 6) is 0.872. The Hall–Kier alpha value is -2.81. The number of rotatable bonds is 2. The minimum absolute atomic E-state index is 0.000451. The Morgan fingerprint density at radius 1 is 0.960 bits per heavy atom. The fraction of sp³-hybridized carbons (Fsp3) is 0.227. The summed E-state index contributed by atoms with van der Waals surface area (Å²) in [6.07, 6.45) is 2.94. The van der Waals surface area contributed by atoms with E-state index >= 15 is 0 Å². The van der Waals surface area contributed by atoms with Crippen molar-refractivity contribution in [2.24, 2.45) is 0 Å². The third-order valence-electron chi connectivity index (χ3n) is 5.39.